The molecule has 0 bridgehead atoms. The van der Waals surface area contributed by atoms with Crippen molar-refractivity contribution < 1.29 is 19.4 Å². The molecule has 1 unspecified atom stereocenters. The zero-order valence-electron chi connectivity index (χ0n) is 11.1. The Morgan fingerprint density at radius 3 is 2.75 bits per heavy atom. The smallest absolute Gasteiger partial charge is 0.317 e. The van der Waals surface area contributed by atoms with Crippen molar-refractivity contribution in [2.24, 2.45) is 5.92 Å². The predicted molar refractivity (Wildman–Crippen MR) is 72.7 cm³/mol. The summed E-state index contributed by atoms with van der Waals surface area (Å²) >= 11 is 0. The van der Waals surface area contributed by atoms with Crippen LogP contribution in [0.15, 0.2) is 30.3 Å². The molecule has 0 aromatic heterocycles. The number of carbonyl (C=O) groups is 2. The Balaban J connectivity index is 1.65. The number of aliphatic carboxylic acids is 1. The quantitative estimate of drug-likeness (QED) is 0.793. The third kappa shape index (κ3) is 3.88. The number of carboxylic acids is 1. The Bertz CT molecular complexity index is 464. The topological polar surface area (TPSA) is 78.9 Å². The maximum Gasteiger partial charge on any atom is 0.317 e. The molecule has 1 aliphatic rings. The number of urea groups is 1. The van der Waals surface area contributed by atoms with Gasteiger partial charge in [0, 0.05) is 13.1 Å². The summed E-state index contributed by atoms with van der Waals surface area (Å²) in [6, 6.07) is 9.12. The van der Waals surface area contributed by atoms with Gasteiger partial charge in [-0.05, 0) is 18.6 Å². The summed E-state index contributed by atoms with van der Waals surface area (Å²) in [4.78, 5) is 24.1. The molecule has 1 aromatic rings. The lowest BCUT2D eigenvalue weighted by molar-refractivity contribution is -0.141. The highest BCUT2D eigenvalue weighted by molar-refractivity contribution is 5.77. The number of hydrogen-bond acceptors (Lipinski definition) is 3. The number of carboxylic acid groups (broad SMARTS) is 1. The van der Waals surface area contributed by atoms with Crippen molar-refractivity contribution in [3.8, 4) is 5.75 Å². The van der Waals surface area contributed by atoms with Gasteiger partial charge < -0.3 is 20.1 Å². The highest BCUT2D eigenvalue weighted by atomic mass is 16.5. The van der Waals surface area contributed by atoms with Gasteiger partial charge in [0.1, 0.15) is 12.4 Å². The average molecular weight is 278 g/mol. The maximum absolute atomic E-state index is 11.8. The number of ether oxygens (including phenoxy) is 1. The fourth-order valence-corrected chi connectivity index (χ4v) is 2.10. The first-order valence-electron chi connectivity index (χ1n) is 6.60. The van der Waals surface area contributed by atoms with E-state index in [1.807, 2.05) is 30.3 Å². The number of benzene rings is 1. The normalized spacial score (nSPS) is 17.8. The molecular weight excluding hydrogens is 260 g/mol. The van der Waals surface area contributed by atoms with Crippen LogP contribution in [-0.2, 0) is 4.79 Å². The molecule has 1 fully saturated rings. The molecular formula is C14H18N2O4. The number of para-hydroxylation sites is 1. The summed E-state index contributed by atoms with van der Waals surface area (Å²) < 4.78 is 5.45. The van der Waals surface area contributed by atoms with Crippen molar-refractivity contribution >= 4 is 12.0 Å². The van der Waals surface area contributed by atoms with Gasteiger partial charge >= 0.3 is 12.0 Å². The van der Waals surface area contributed by atoms with E-state index in [0.717, 1.165) is 5.75 Å². The summed E-state index contributed by atoms with van der Waals surface area (Å²) in [5.74, 6) is -0.525. The highest BCUT2D eigenvalue weighted by Gasteiger charge is 2.30. The van der Waals surface area contributed by atoms with Crippen LogP contribution in [0.3, 0.4) is 0 Å². The lowest BCUT2D eigenvalue weighted by Crippen LogP contribution is -2.40. The Hall–Kier alpha value is -2.24. The first-order chi connectivity index (χ1) is 9.66. The molecule has 1 aromatic carbocycles. The van der Waals surface area contributed by atoms with Crippen LogP contribution in [0.2, 0.25) is 0 Å². The van der Waals surface area contributed by atoms with E-state index in [0.29, 0.717) is 26.1 Å². The Kier molecular flexibility index (Phi) is 4.81. The third-order valence-electron chi connectivity index (χ3n) is 3.21. The van der Waals surface area contributed by atoms with Gasteiger partial charge in [-0.2, -0.15) is 0 Å². The number of nitrogens with one attached hydrogen (secondary N) is 1. The van der Waals surface area contributed by atoms with Crippen molar-refractivity contribution in [3.05, 3.63) is 30.3 Å². The molecule has 1 aliphatic heterocycles. The number of hydrogen-bond donors (Lipinski definition) is 2. The van der Waals surface area contributed by atoms with Gasteiger partial charge in [-0.25, -0.2) is 4.79 Å². The van der Waals surface area contributed by atoms with Crippen molar-refractivity contribution in [1.29, 1.82) is 0 Å². The van der Waals surface area contributed by atoms with E-state index in [-0.39, 0.29) is 12.6 Å². The van der Waals surface area contributed by atoms with Gasteiger partial charge in [-0.15, -0.1) is 0 Å². The molecule has 1 heterocycles. The minimum atomic E-state index is -0.840. The number of carbonyl (C=O) groups excluding carboxylic acids is 1. The van der Waals surface area contributed by atoms with Gasteiger partial charge in [-0.3, -0.25) is 4.79 Å². The molecule has 2 N–H and O–H groups in total. The Morgan fingerprint density at radius 2 is 2.10 bits per heavy atom. The van der Waals surface area contributed by atoms with E-state index in [4.69, 9.17) is 9.84 Å². The van der Waals surface area contributed by atoms with Crippen molar-refractivity contribution in [1.82, 2.24) is 10.2 Å². The second-order valence-corrected chi connectivity index (χ2v) is 4.66. The summed E-state index contributed by atoms with van der Waals surface area (Å²) in [7, 11) is 0. The third-order valence-corrected chi connectivity index (χ3v) is 3.21. The van der Waals surface area contributed by atoms with Gasteiger partial charge in [-0.1, -0.05) is 18.2 Å². The number of rotatable bonds is 5. The van der Waals surface area contributed by atoms with Crippen LogP contribution in [0.25, 0.3) is 0 Å². The van der Waals surface area contributed by atoms with Crippen LogP contribution < -0.4 is 10.1 Å². The van der Waals surface area contributed by atoms with Crippen molar-refractivity contribution in [3.63, 3.8) is 0 Å². The molecule has 6 nitrogen and oxygen atoms in total. The molecule has 0 saturated carbocycles. The largest absolute Gasteiger partial charge is 0.492 e. The molecule has 1 saturated heterocycles. The fourth-order valence-electron chi connectivity index (χ4n) is 2.10. The highest BCUT2D eigenvalue weighted by Crippen LogP contribution is 2.16. The summed E-state index contributed by atoms with van der Waals surface area (Å²) in [5, 5.41) is 11.6. The minimum Gasteiger partial charge on any atom is -0.492 e. The van der Waals surface area contributed by atoms with Crippen LogP contribution in [0.1, 0.15) is 6.42 Å². The van der Waals surface area contributed by atoms with Crippen LogP contribution >= 0.6 is 0 Å². The lowest BCUT2D eigenvalue weighted by Gasteiger charge is -2.16. The maximum atomic E-state index is 11.8. The Labute approximate surface area is 117 Å². The summed E-state index contributed by atoms with van der Waals surface area (Å²) in [6.45, 7) is 1.54. The van der Waals surface area contributed by atoms with Crippen molar-refractivity contribution in [2.45, 2.75) is 6.42 Å². The van der Waals surface area contributed by atoms with E-state index < -0.39 is 11.9 Å². The number of amides is 2. The molecule has 2 rings (SSSR count). The average Bonchev–Trinajstić information content (AvgIpc) is 2.94. The first kappa shape index (κ1) is 14.2. The zero-order chi connectivity index (χ0) is 14.4. The number of likely N-dealkylation sites (tertiary alicyclic amines) is 1. The fraction of sp³-hybridized carbons (Fsp3) is 0.429. The lowest BCUT2D eigenvalue weighted by atomic mass is 10.1. The molecule has 1 atom stereocenters. The van der Waals surface area contributed by atoms with Crippen LogP contribution in [0.5, 0.6) is 5.75 Å². The molecule has 0 spiro atoms. The van der Waals surface area contributed by atoms with Crippen LogP contribution in [0.4, 0.5) is 4.79 Å². The SMILES string of the molecule is O=C(O)C1CCN(C(=O)NCCOc2ccccc2)C1. The molecule has 2 amide bonds. The van der Waals surface area contributed by atoms with Gasteiger partial charge in [0.25, 0.3) is 0 Å². The molecule has 20 heavy (non-hydrogen) atoms. The molecule has 0 aliphatic carbocycles. The molecule has 0 radical (unpaired) electrons. The standard InChI is InChI=1S/C14H18N2O4/c17-13(18)11-6-8-16(10-11)14(19)15-7-9-20-12-4-2-1-3-5-12/h1-5,11H,6-10H2,(H,15,19)(H,17,18). The summed E-state index contributed by atoms with van der Waals surface area (Å²) in [5.41, 5.74) is 0. The zero-order valence-corrected chi connectivity index (χ0v) is 11.1. The van der Waals surface area contributed by atoms with Crippen molar-refractivity contribution in [2.75, 3.05) is 26.2 Å². The predicted octanol–water partition coefficient (Wildman–Crippen LogP) is 1.18. The minimum absolute atomic E-state index is 0.231. The second kappa shape index (κ2) is 6.79. The molecule has 108 valence electrons. The van der Waals surface area contributed by atoms with Gasteiger partial charge in [0.05, 0.1) is 12.5 Å². The van der Waals surface area contributed by atoms with Gasteiger partial charge in [0.2, 0.25) is 0 Å². The first-order valence-corrected chi connectivity index (χ1v) is 6.60. The van der Waals surface area contributed by atoms with E-state index >= 15 is 0 Å². The molecule has 6 heteroatoms. The monoisotopic (exact) mass is 278 g/mol. The van der Waals surface area contributed by atoms with E-state index in [1.165, 1.54) is 4.90 Å². The van der Waals surface area contributed by atoms with E-state index in [1.54, 1.807) is 0 Å². The summed E-state index contributed by atoms with van der Waals surface area (Å²) in [6.07, 6.45) is 0.517. The van der Waals surface area contributed by atoms with Gasteiger partial charge in [0.15, 0.2) is 0 Å². The van der Waals surface area contributed by atoms with Crippen LogP contribution in [-0.4, -0.2) is 48.2 Å². The van der Waals surface area contributed by atoms with E-state index in [2.05, 4.69) is 5.32 Å². The van der Waals surface area contributed by atoms with E-state index in [9.17, 15) is 9.59 Å². The van der Waals surface area contributed by atoms with Crippen LogP contribution in [0, 0.1) is 5.92 Å². The number of nitrogens with zero attached hydrogens (tertiary/aromatic N) is 1. The second-order valence-electron chi connectivity index (χ2n) is 4.66. The Morgan fingerprint density at radius 1 is 1.35 bits per heavy atom.